The van der Waals surface area contributed by atoms with Crippen molar-refractivity contribution in [3.8, 4) is 11.4 Å². The van der Waals surface area contributed by atoms with Gasteiger partial charge in [-0.2, -0.15) is 0 Å². The average Bonchev–Trinajstić information content (AvgIpc) is 3.21. The van der Waals surface area contributed by atoms with Gasteiger partial charge in [-0.3, -0.25) is 9.78 Å². The van der Waals surface area contributed by atoms with Crippen LogP contribution in [0.5, 0.6) is 0 Å². The first-order chi connectivity index (χ1) is 11.7. The summed E-state index contributed by atoms with van der Waals surface area (Å²) in [5.74, 6) is 1.74. The summed E-state index contributed by atoms with van der Waals surface area (Å²) in [5, 5.41) is 6.81. The number of pyridine rings is 1. The van der Waals surface area contributed by atoms with Gasteiger partial charge in [0.1, 0.15) is 5.82 Å². The summed E-state index contributed by atoms with van der Waals surface area (Å²) >= 11 is 0. The monoisotopic (exact) mass is 324 g/mol. The Hall–Kier alpha value is -2.54. The molecule has 1 atom stereocenters. The second-order valence-corrected chi connectivity index (χ2v) is 6.14. The maximum Gasteiger partial charge on any atom is 0.224 e. The van der Waals surface area contributed by atoms with Crippen molar-refractivity contribution in [1.82, 2.24) is 25.2 Å². The number of nitrogens with zero attached hydrogens (tertiary/aromatic N) is 4. The predicted molar refractivity (Wildman–Crippen MR) is 90.1 cm³/mol. The van der Waals surface area contributed by atoms with Gasteiger partial charge in [-0.1, -0.05) is 0 Å². The van der Waals surface area contributed by atoms with Gasteiger partial charge in [-0.25, -0.2) is 9.97 Å². The molecular weight excluding hydrogens is 304 g/mol. The summed E-state index contributed by atoms with van der Waals surface area (Å²) in [6.45, 7) is 4.99. The molecule has 0 aliphatic carbocycles. The Morgan fingerprint density at radius 3 is 2.88 bits per heavy atom. The van der Waals surface area contributed by atoms with Crippen molar-refractivity contribution in [3.63, 3.8) is 0 Å². The number of hydrogen-bond donors (Lipinski definition) is 2. The van der Waals surface area contributed by atoms with E-state index in [2.05, 4.69) is 20.6 Å². The van der Waals surface area contributed by atoms with Gasteiger partial charge in [-0.15, -0.1) is 0 Å². The summed E-state index contributed by atoms with van der Waals surface area (Å²) < 4.78 is 0. The quantitative estimate of drug-likeness (QED) is 0.878. The van der Waals surface area contributed by atoms with Crippen molar-refractivity contribution in [2.45, 2.75) is 32.5 Å². The standard InChI is InChI=1S/C17H20N6O/c1-2-23-10-12(7-15(23)24)20-17-13-8-19-9-14(13)21-16(22-17)11-3-5-18-6-4-11/h3-6,12,19H,2,7-10H2,1H3,(H,20,21,22). The minimum absolute atomic E-state index is 0.0994. The lowest BCUT2D eigenvalue weighted by molar-refractivity contribution is -0.127. The molecule has 1 amide bonds. The lowest BCUT2D eigenvalue weighted by Crippen LogP contribution is -2.28. The van der Waals surface area contributed by atoms with Gasteiger partial charge < -0.3 is 15.5 Å². The number of amides is 1. The fraction of sp³-hybridized carbons (Fsp3) is 0.412. The van der Waals surface area contributed by atoms with Crippen LogP contribution in [0.3, 0.4) is 0 Å². The largest absolute Gasteiger partial charge is 0.365 e. The first-order valence-electron chi connectivity index (χ1n) is 8.30. The third-order valence-corrected chi connectivity index (χ3v) is 4.56. The molecule has 7 nitrogen and oxygen atoms in total. The molecule has 2 N–H and O–H groups in total. The lowest BCUT2D eigenvalue weighted by Gasteiger charge is -2.17. The van der Waals surface area contributed by atoms with Crippen LogP contribution < -0.4 is 10.6 Å². The minimum atomic E-state index is 0.0994. The highest BCUT2D eigenvalue weighted by molar-refractivity contribution is 5.80. The summed E-state index contributed by atoms with van der Waals surface area (Å²) in [4.78, 5) is 27.3. The van der Waals surface area contributed by atoms with Gasteiger partial charge in [0.05, 0.1) is 11.7 Å². The van der Waals surface area contributed by atoms with Crippen LogP contribution >= 0.6 is 0 Å². The molecular formula is C17H20N6O. The Kier molecular flexibility index (Phi) is 3.86. The number of likely N-dealkylation sites (N-methyl/N-ethyl adjacent to an activating group) is 1. The molecule has 0 saturated carbocycles. The fourth-order valence-electron chi connectivity index (χ4n) is 3.29. The van der Waals surface area contributed by atoms with E-state index in [1.54, 1.807) is 12.4 Å². The van der Waals surface area contributed by atoms with Gasteiger partial charge in [0.15, 0.2) is 5.82 Å². The van der Waals surface area contributed by atoms with Crippen molar-refractivity contribution in [2.75, 3.05) is 18.4 Å². The minimum Gasteiger partial charge on any atom is -0.365 e. The number of nitrogens with one attached hydrogen (secondary N) is 2. The van der Waals surface area contributed by atoms with Crippen LogP contribution in [0.2, 0.25) is 0 Å². The molecule has 1 saturated heterocycles. The van der Waals surface area contributed by atoms with Crippen LogP contribution in [0.15, 0.2) is 24.5 Å². The average molecular weight is 324 g/mol. The highest BCUT2D eigenvalue weighted by Crippen LogP contribution is 2.27. The maximum absolute atomic E-state index is 12.0. The van der Waals surface area contributed by atoms with Crippen LogP contribution in [0, 0.1) is 0 Å². The lowest BCUT2D eigenvalue weighted by atomic mass is 10.2. The highest BCUT2D eigenvalue weighted by Gasteiger charge is 2.30. The molecule has 2 aromatic rings. The molecule has 4 rings (SSSR count). The molecule has 2 aromatic heterocycles. The fourth-order valence-corrected chi connectivity index (χ4v) is 3.29. The predicted octanol–water partition coefficient (Wildman–Crippen LogP) is 1.17. The van der Waals surface area contributed by atoms with E-state index in [0.717, 1.165) is 48.8 Å². The number of anilines is 1. The Morgan fingerprint density at radius 2 is 2.12 bits per heavy atom. The van der Waals surface area contributed by atoms with Crippen molar-refractivity contribution in [2.24, 2.45) is 0 Å². The molecule has 0 spiro atoms. The molecule has 124 valence electrons. The van der Waals surface area contributed by atoms with Crippen molar-refractivity contribution >= 4 is 11.7 Å². The van der Waals surface area contributed by atoms with Crippen molar-refractivity contribution in [1.29, 1.82) is 0 Å². The zero-order chi connectivity index (χ0) is 16.5. The maximum atomic E-state index is 12.0. The second kappa shape index (κ2) is 6.16. The third kappa shape index (κ3) is 2.71. The van der Waals surface area contributed by atoms with Crippen molar-refractivity contribution in [3.05, 3.63) is 35.8 Å². The van der Waals surface area contributed by atoms with E-state index in [0.29, 0.717) is 12.2 Å². The van der Waals surface area contributed by atoms with Crippen molar-refractivity contribution < 1.29 is 4.79 Å². The van der Waals surface area contributed by atoms with E-state index in [-0.39, 0.29) is 11.9 Å². The third-order valence-electron chi connectivity index (χ3n) is 4.56. The summed E-state index contributed by atoms with van der Waals surface area (Å²) in [5.41, 5.74) is 3.08. The Bertz CT molecular complexity index is 763. The number of carbonyl (C=O) groups is 1. The van der Waals surface area contributed by atoms with Gasteiger partial charge in [0.2, 0.25) is 5.91 Å². The normalized spacial score (nSPS) is 19.6. The number of hydrogen-bond acceptors (Lipinski definition) is 6. The number of rotatable bonds is 4. The van der Waals surface area contributed by atoms with Crippen LogP contribution in [0.4, 0.5) is 5.82 Å². The van der Waals surface area contributed by atoms with Crippen LogP contribution in [0.25, 0.3) is 11.4 Å². The highest BCUT2D eigenvalue weighted by atomic mass is 16.2. The van der Waals surface area contributed by atoms with Gasteiger partial charge in [-0.05, 0) is 19.1 Å². The molecule has 1 unspecified atom stereocenters. The van der Waals surface area contributed by atoms with Gasteiger partial charge in [0, 0.05) is 56.1 Å². The van der Waals surface area contributed by atoms with E-state index in [9.17, 15) is 4.79 Å². The van der Waals surface area contributed by atoms with Crippen LogP contribution in [0.1, 0.15) is 24.6 Å². The Morgan fingerprint density at radius 1 is 1.29 bits per heavy atom. The SMILES string of the molecule is CCN1CC(Nc2nc(-c3ccncc3)nc3c2CNC3)CC1=O. The number of carbonyl (C=O) groups excluding carboxylic acids is 1. The molecule has 2 aliphatic heterocycles. The first-order valence-corrected chi connectivity index (χ1v) is 8.30. The van der Waals surface area contributed by atoms with Gasteiger partial charge in [0.25, 0.3) is 0 Å². The molecule has 7 heteroatoms. The summed E-state index contributed by atoms with van der Waals surface area (Å²) in [6, 6.07) is 3.92. The van der Waals surface area contributed by atoms with E-state index in [1.807, 2.05) is 24.0 Å². The van der Waals surface area contributed by atoms with E-state index >= 15 is 0 Å². The molecule has 1 fully saturated rings. The van der Waals surface area contributed by atoms with Crippen LogP contribution in [-0.2, 0) is 17.9 Å². The molecule has 0 radical (unpaired) electrons. The Labute approximate surface area is 140 Å². The molecule has 24 heavy (non-hydrogen) atoms. The molecule has 0 aromatic carbocycles. The molecule has 4 heterocycles. The van der Waals surface area contributed by atoms with Gasteiger partial charge >= 0.3 is 0 Å². The summed E-state index contributed by atoms with van der Waals surface area (Å²) in [7, 11) is 0. The number of likely N-dealkylation sites (tertiary alicyclic amines) is 1. The second-order valence-electron chi connectivity index (χ2n) is 6.14. The zero-order valence-corrected chi connectivity index (χ0v) is 13.6. The smallest absolute Gasteiger partial charge is 0.224 e. The van der Waals surface area contributed by atoms with E-state index < -0.39 is 0 Å². The molecule has 2 aliphatic rings. The summed E-state index contributed by atoms with van der Waals surface area (Å²) in [6.07, 6.45) is 4.00. The molecule has 0 bridgehead atoms. The first kappa shape index (κ1) is 15.0. The van der Waals surface area contributed by atoms with E-state index in [1.165, 1.54) is 0 Å². The topological polar surface area (TPSA) is 83.0 Å². The Balaban J connectivity index is 1.65. The van der Waals surface area contributed by atoms with Crippen LogP contribution in [-0.4, -0.2) is 44.9 Å². The number of aromatic nitrogens is 3. The number of fused-ring (bicyclic) bond motifs is 1. The zero-order valence-electron chi connectivity index (χ0n) is 13.6. The van der Waals surface area contributed by atoms with E-state index in [4.69, 9.17) is 4.98 Å².